The first-order valence-electron chi connectivity index (χ1n) is 6.77. The van der Waals surface area contributed by atoms with Gasteiger partial charge in [0.05, 0.1) is 13.0 Å². The van der Waals surface area contributed by atoms with Crippen LogP contribution in [-0.4, -0.2) is 35.9 Å². The van der Waals surface area contributed by atoms with Crippen molar-refractivity contribution in [2.24, 2.45) is 0 Å². The largest absolute Gasteiger partial charge is 0.494 e. The third-order valence-electron chi connectivity index (χ3n) is 2.73. The molecule has 0 atom stereocenters. The van der Waals surface area contributed by atoms with Gasteiger partial charge in [-0.25, -0.2) is 0 Å². The highest BCUT2D eigenvalue weighted by atomic mass is 16.5. The predicted molar refractivity (Wildman–Crippen MR) is 76.4 cm³/mol. The van der Waals surface area contributed by atoms with Crippen LogP contribution >= 0.6 is 0 Å². The molecule has 0 unspecified atom stereocenters. The van der Waals surface area contributed by atoms with Gasteiger partial charge in [-0.05, 0) is 31.2 Å². The average molecular weight is 293 g/mol. The minimum atomic E-state index is -0.972. The summed E-state index contributed by atoms with van der Waals surface area (Å²) in [5.74, 6) is -0.733. The SMILES string of the molecule is CCOc1ccc(C(=O)CCC(=O)NCCC(=O)O)cc1. The molecular formula is C15H19NO5. The summed E-state index contributed by atoms with van der Waals surface area (Å²) in [5.41, 5.74) is 0.525. The normalized spacial score (nSPS) is 9.95. The summed E-state index contributed by atoms with van der Waals surface area (Å²) in [5, 5.41) is 10.9. The van der Waals surface area contributed by atoms with E-state index in [2.05, 4.69) is 5.32 Å². The van der Waals surface area contributed by atoms with Gasteiger partial charge in [0.1, 0.15) is 5.75 Å². The molecule has 0 fully saturated rings. The van der Waals surface area contributed by atoms with Crippen molar-refractivity contribution >= 4 is 17.7 Å². The van der Waals surface area contributed by atoms with Crippen LogP contribution in [0.2, 0.25) is 0 Å². The second kappa shape index (κ2) is 8.73. The van der Waals surface area contributed by atoms with E-state index in [-0.39, 0.29) is 37.5 Å². The van der Waals surface area contributed by atoms with E-state index in [0.717, 1.165) is 0 Å². The number of Topliss-reactive ketones (excluding diaryl/α,β-unsaturated/α-hetero) is 1. The summed E-state index contributed by atoms with van der Waals surface area (Å²) >= 11 is 0. The molecule has 0 spiro atoms. The lowest BCUT2D eigenvalue weighted by molar-refractivity contribution is -0.136. The van der Waals surface area contributed by atoms with Crippen molar-refractivity contribution in [3.8, 4) is 5.75 Å². The molecular weight excluding hydrogens is 274 g/mol. The summed E-state index contributed by atoms with van der Waals surface area (Å²) in [6.07, 6.45) is 0.0110. The molecule has 1 amide bonds. The van der Waals surface area contributed by atoms with E-state index in [1.165, 1.54) is 0 Å². The van der Waals surface area contributed by atoms with Crippen molar-refractivity contribution in [1.82, 2.24) is 5.32 Å². The Morgan fingerprint density at radius 1 is 1.10 bits per heavy atom. The highest BCUT2D eigenvalue weighted by Crippen LogP contribution is 2.13. The van der Waals surface area contributed by atoms with Crippen LogP contribution in [0.25, 0.3) is 0 Å². The smallest absolute Gasteiger partial charge is 0.305 e. The minimum Gasteiger partial charge on any atom is -0.494 e. The predicted octanol–water partition coefficient (Wildman–Crippen LogP) is 1.64. The molecule has 0 radical (unpaired) electrons. The van der Waals surface area contributed by atoms with Crippen LogP contribution in [-0.2, 0) is 9.59 Å². The number of carboxylic acids is 1. The lowest BCUT2D eigenvalue weighted by Crippen LogP contribution is -2.26. The number of carboxylic acid groups (broad SMARTS) is 1. The average Bonchev–Trinajstić information content (AvgIpc) is 2.45. The van der Waals surface area contributed by atoms with Gasteiger partial charge in [-0.15, -0.1) is 0 Å². The lowest BCUT2D eigenvalue weighted by Gasteiger charge is -2.05. The van der Waals surface area contributed by atoms with E-state index >= 15 is 0 Å². The van der Waals surface area contributed by atoms with Crippen LogP contribution in [0.5, 0.6) is 5.75 Å². The summed E-state index contributed by atoms with van der Waals surface area (Å²) < 4.78 is 5.28. The van der Waals surface area contributed by atoms with Crippen LogP contribution in [0.3, 0.4) is 0 Å². The first kappa shape index (κ1) is 16.7. The fourth-order valence-electron chi connectivity index (χ4n) is 1.67. The van der Waals surface area contributed by atoms with Crippen molar-refractivity contribution in [3.63, 3.8) is 0 Å². The van der Waals surface area contributed by atoms with Gasteiger partial charge in [-0.3, -0.25) is 14.4 Å². The number of nitrogens with one attached hydrogen (secondary N) is 1. The molecule has 0 bridgehead atoms. The number of aliphatic carboxylic acids is 1. The van der Waals surface area contributed by atoms with Gasteiger partial charge in [0, 0.05) is 24.9 Å². The van der Waals surface area contributed by atoms with E-state index in [1.54, 1.807) is 24.3 Å². The summed E-state index contributed by atoms with van der Waals surface area (Å²) in [6.45, 7) is 2.51. The Morgan fingerprint density at radius 2 is 1.76 bits per heavy atom. The van der Waals surface area contributed by atoms with Gasteiger partial charge in [-0.2, -0.15) is 0 Å². The number of rotatable bonds is 9. The summed E-state index contributed by atoms with van der Waals surface area (Å²) in [6, 6.07) is 6.75. The van der Waals surface area contributed by atoms with Gasteiger partial charge < -0.3 is 15.2 Å². The summed E-state index contributed by atoms with van der Waals surface area (Å²) in [4.78, 5) is 33.6. The van der Waals surface area contributed by atoms with Crippen LogP contribution in [0.15, 0.2) is 24.3 Å². The maximum Gasteiger partial charge on any atom is 0.305 e. The number of carbonyl (C=O) groups excluding carboxylic acids is 2. The molecule has 0 aromatic heterocycles. The molecule has 21 heavy (non-hydrogen) atoms. The molecule has 114 valence electrons. The Labute approximate surface area is 123 Å². The maximum atomic E-state index is 11.9. The van der Waals surface area contributed by atoms with Crippen molar-refractivity contribution < 1.29 is 24.2 Å². The van der Waals surface area contributed by atoms with Gasteiger partial charge in [0.25, 0.3) is 0 Å². The Hall–Kier alpha value is -2.37. The Bertz CT molecular complexity index is 495. The minimum absolute atomic E-state index is 0.0473. The highest BCUT2D eigenvalue weighted by molar-refractivity contribution is 5.98. The van der Waals surface area contributed by atoms with E-state index in [4.69, 9.17) is 9.84 Å². The monoisotopic (exact) mass is 293 g/mol. The lowest BCUT2D eigenvalue weighted by atomic mass is 10.1. The van der Waals surface area contributed by atoms with Crippen LogP contribution in [0, 0.1) is 0 Å². The Kier molecular flexibility index (Phi) is 6.94. The quantitative estimate of drug-likeness (QED) is 0.675. The zero-order valence-electron chi connectivity index (χ0n) is 11.9. The van der Waals surface area contributed by atoms with E-state index < -0.39 is 5.97 Å². The second-order valence-electron chi connectivity index (χ2n) is 4.37. The number of benzene rings is 1. The zero-order valence-corrected chi connectivity index (χ0v) is 11.9. The second-order valence-corrected chi connectivity index (χ2v) is 4.37. The maximum absolute atomic E-state index is 11.9. The van der Waals surface area contributed by atoms with Crippen LogP contribution < -0.4 is 10.1 Å². The van der Waals surface area contributed by atoms with Crippen molar-refractivity contribution in [3.05, 3.63) is 29.8 Å². The molecule has 0 saturated heterocycles. The molecule has 1 aromatic rings. The Morgan fingerprint density at radius 3 is 2.33 bits per heavy atom. The van der Waals surface area contributed by atoms with Gasteiger partial charge in [-0.1, -0.05) is 0 Å². The van der Waals surface area contributed by atoms with Crippen molar-refractivity contribution in [2.45, 2.75) is 26.2 Å². The van der Waals surface area contributed by atoms with Crippen LogP contribution in [0.1, 0.15) is 36.5 Å². The van der Waals surface area contributed by atoms with E-state index in [9.17, 15) is 14.4 Å². The third kappa shape index (κ3) is 6.56. The topological polar surface area (TPSA) is 92.7 Å². The zero-order chi connectivity index (χ0) is 15.7. The summed E-state index contributed by atoms with van der Waals surface area (Å²) in [7, 11) is 0. The molecule has 0 aliphatic heterocycles. The Balaban J connectivity index is 2.35. The fourth-order valence-corrected chi connectivity index (χ4v) is 1.67. The first-order valence-corrected chi connectivity index (χ1v) is 6.77. The van der Waals surface area contributed by atoms with Gasteiger partial charge in [0.2, 0.25) is 5.91 Å². The van der Waals surface area contributed by atoms with Crippen molar-refractivity contribution in [2.75, 3.05) is 13.2 Å². The highest BCUT2D eigenvalue weighted by Gasteiger charge is 2.09. The molecule has 1 rings (SSSR count). The van der Waals surface area contributed by atoms with E-state index in [0.29, 0.717) is 17.9 Å². The molecule has 6 nitrogen and oxygen atoms in total. The van der Waals surface area contributed by atoms with Crippen LogP contribution in [0.4, 0.5) is 0 Å². The standard InChI is InChI=1S/C15H19NO5/c1-2-21-12-5-3-11(4-6-12)13(17)7-8-14(18)16-10-9-15(19)20/h3-6H,2,7-10H2,1H3,(H,16,18)(H,19,20). The molecule has 6 heteroatoms. The number of ether oxygens (including phenoxy) is 1. The molecule has 2 N–H and O–H groups in total. The molecule has 0 aliphatic carbocycles. The van der Waals surface area contributed by atoms with E-state index in [1.807, 2.05) is 6.92 Å². The number of amides is 1. The number of carbonyl (C=O) groups is 3. The van der Waals surface area contributed by atoms with Crippen molar-refractivity contribution in [1.29, 1.82) is 0 Å². The fraction of sp³-hybridized carbons (Fsp3) is 0.400. The molecule has 0 aliphatic rings. The molecule has 1 aromatic carbocycles. The van der Waals surface area contributed by atoms with Gasteiger partial charge in [0.15, 0.2) is 5.78 Å². The number of hydrogen-bond acceptors (Lipinski definition) is 4. The first-order chi connectivity index (χ1) is 10.0. The molecule has 0 heterocycles. The number of ketones is 1. The van der Waals surface area contributed by atoms with Gasteiger partial charge >= 0.3 is 5.97 Å². The third-order valence-corrected chi connectivity index (χ3v) is 2.73. The molecule has 0 saturated carbocycles. The number of hydrogen-bond donors (Lipinski definition) is 2.